The van der Waals surface area contributed by atoms with E-state index in [9.17, 15) is 14.7 Å². The molecule has 162 valence electrons. The Morgan fingerprint density at radius 1 is 1.33 bits per heavy atom. The predicted molar refractivity (Wildman–Crippen MR) is 115 cm³/mol. The molecule has 3 rings (SSSR count). The Hall–Kier alpha value is -2.47. The molecule has 0 amide bonds. The van der Waals surface area contributed by atoms with E-state index < -0.39 is 11.9 Å². The molecule has 6 nitrogen and oxygen atoms in total. The molecule has 1 aliphatic carbocycles. The van der Waals surface area contributed by atoms with E-state index in [-0.39, 0.29) is 34.3 Å². The highest BCUT2D eigenvalue weighted by molar-refractivity contribution is 6.32. The normalized spacial score (nSPS) is 20.6. The molecule has 0 saturated heterocycles. The van der Waals surface area contributed by atoms with Crippen LogP contribution >= 0.6 is 11.6 Å². The van der Waals surface area contributed by atoms with Gasteiger partial charge in [0.15, 0.2) is 17.3 Å². The number of methoxy groups -OCH3 is 1. The first kappa shape index (κ1) is 22.2. The maximum Gasteiger partial charge on any atom is 0.336 e. The number of phenolic OH excluding ortho intramolecular Hbond substituents is 1. The van der Waals surface area contributed by atoms with Gasteiger partial charge in [-0.3, -0.25) is 4.79 Å². The average Bonchev–Trinajstić information content (AvgIpc) is 2.66. The van der Waals surface area contributed by atoms with Gasteiger partial charge >= 0.3 is 5.97 Å². The zero-order valence-electron chi connectivity index (χ0n) is 18.0. The van der Waals surface area contributed by atoms with Crippen molar-refractivity contribution in [2.75, 3.05) is 13.7 Å². The van der Waals surface area contributed by atoms with Crippen LogP contribution in [0.25, 0.3) is 0 Å². The number of halogens is 1. The molecule has 0 spiro atoms. The highest BCUT2D eigenvalue weighted by Crippen LogP contribution is 2.48. The molecule has 0 bridgehead atoms. The number of ketones is 1. The number of esters is 1. The van der Waals surface area contributed by atoms with Crippen LogP contribution < -0.4 is 10.1 Å². The monoisotopic (exact) mass is 433 g/mol. The third-order valence-electron chi connectivity index (χ3n) is 5.50. The summed E-state index contributed by atoms with van der Waals surface area (Å²) in [6, 6.07) is 3.20. The van der Waals surface area contributed by atoms with Gasteiger partial charge in [0.25, 0.3) is 0 Å². The second kappa shape index (κ2) is 8.34. The molecule has 30 heavy (non-hydrogen) atoms. The first-order valence-electron chi connectivity index (χ1n) is 10.1. The molecule has 2 N–H and O–H groups in total. The topological polar surface area (TPSA) is 84.9 Å². The number of nitrogens with one attached hydrogen (secondary N) is 1. The van der Waals surface area contributed by atoms with E-state index in [1.807, 2.05) is 13.8 Å². The van der Waals surface area contributed by atoms with Gasteiger partial charge in [-0.1, -0.05) is 32.4 Å². The Bertz CT molecular complexity index is 961. The van der Waals surface area contributed by atoms with Crippen LogP contribution in [-0.4, -0.2) is 30.6 Å². The molecule has 1 aliphatic heterocycles. The Morgan fingerprint density at radius 2 is 2.03 bits per heavy atom. The van der Waals surface area contributed by atoms with Crippen molar-refractivity contribution in [2.45, 2.75) is 52.9 Å². The van der Waals surface area contributed by atoms with E-state index in [2.05, 4.69) is 19.2 Å². The van der Waals surface area contributed by atoms with Gasteiger partial charge in [-0.2, -0.15) is 0 Å². The van der Waals surface area contributed by atoms with Crippen molar-refractivity contribution in [3.63, 3.8) is 0 Å². The molecule has 1 atom stereocenters. The summed E-state index contributed by atoms with van der Waals surface area (Å²) in [6.45, 7) is 8.12. The van der Waals surface area contributed by atoms with E-state index >= 15 is 0 Å². The van der Waals surface area contributed by atoms with E-state index in [0.29, 0.717) is 41.7 Å². The van der Waals surface area contributed by atoms with Crippen LogP contribution in [0.2, 0.25) is 5.02 Å². The van der Waals surface area contributed by atoms with Crippen LogP contribution in [-0.2, 0) is 14.3 Å². The van der Waals surface area contributed by atoms with Crippen LogP contribution in [0.3, 0.4) is 0 Å². The number of carbonyl (C=O) groups is 2. The number of phenols is 1. The molecule has 0 fully saturated rings. The standard InChI is InChI=1S/C23H28ClNO5/c1-6-7-30-22(28)18-12(2)25-15-10-23(3,4)11-16(26)20(15)19(18)13-8-14(24)21(27)17(9-13)29-5/h8-9,19,25,27H,6-7,10-11H2,1-5H3. The van der Waals surface area contributed by atoms with Crippen molar-refractivity contribution in [1.29, 1.82) is 0 Å². The lowest BCUT2D eigenvalue weighted by Crippen LogP contribution is -2.38. The Kier molecular flexibility index (Phi) is 6.18. The first-order valence-corrected chi connectivity index (χ1v) is 10.4. The fourth-order valence-corrected chi connectivity index (χ4v) is 4.45. The maximum absolute atomic E-state index is 13.2. The summed E-state index contributed by atoms with van der Waals surface area (Å²) >= 11 is 6.24. The minimum absolute atomic E-state index is 0.0183. The van der Waals surface area contributed by atoms with Gasteiger partial charge < -0.3 is 19.9 Å². The van der Waals surface area contributed by atoms with Crippen LogP contribution in [0, 0.1) is 5.41 Å². The Labute approximate surface area is 181 Å². The molecular weight excluding hydrogens is 406 g/mol. The molecule has 1 aromatic carbocycles. The van der Waals surface area contributed by atoms with E-state index in [1.165, 1.54) is 7.11 Å². The lowest BCUT2D eigenvalue weighted by Gasteiger charge is -2.39. The average molecular weight is 434 g/mol. The fraction of sp³-hybridized carbons (Fsp3) is 0.478. The molecule has 0 radical (unpaired) electrons. The third-order valence-corrected chi connectivity index (χ3v) is 5.79. The van der Waals surface area contributed by atoms with E-state index in [1.54, 1.807) is 12.1 Å². The van der Waals surface area contributed by atoms with Crippen LogP contribution in [0.5, 0.6) is 11.5 Å². The molecule has 0 saturated carbocycles. The first-order chi connectivity index (χ1) is 14.1. The number of allylic oxidation sites excluding steroid dienone is 3. The summed E-state index contributed by atoms with van der Waals surface area (Å²) in [5.41, 5.74) is 2.80. The summed E-state index contributed by atoms with van der Waals surface area (Å²) in [7, 11) is 1.42. The van der Waals surface area contributed by atoms with Gasteiger partial charge in [0.05, 0.1) is 24.3 Å². The summed E-state index contributed by atoms with van der Waals surface area (Å²) in [5.74, 6) is -1.14. The number of dihydropyridines is 1. The van der Waals surface area contributed by atoms with Gasteiger partial charge in [-0.25, -0.2) is 4.79 Å². The van der Waals surface area contributed by atoms with Gasteiger partial charge in [-0.05, 0) is 42.9 Å². The van der Waals surface area contributed by atoms with E-state index in [0.717, 1.165) is 5.70 Å². The highest BCUT2D eigenvalue weighted by Gasteiger charge is 2.43. The molecule has 7 heteroatoms. The zero-order chi connectivity index (χ0) is 22.2. The number of carbonyl (C=O) groups excluding carboxylic acids is 2. The summed E-state index contributed by atoms with van der Waals surface area (Å²) in [6.07, 6.45) is 1.75. The minimum Gasteiger partial charge on any atom is -0.503 e. The third kappa shape index (κ3) is 4.06. The highest BCUT2D eigenvalue weighted by atomic mass is 35.5. The summed E-state index contributed by atoms with van der Waals surface area (Å²) in [4.78, 5) is 26.2. The Morgan fingerprint density at radius 3 is 2.67 bits per heavy atom. The lowest BCUT2D eigenvalue weighted by molar-refractivity contribution is -0.139. The number of aromatic hydroxyl groups is 1. The smallest absolute Gasteiger partial charge is 0.336 e. The number of hydrogen-bond donors (Lipinski definition) is 2. The fourth-order valence-electron chi connectivity index (χ4n) is 4.23. The number of Topliss-reactive ketones (excluding diaryl/α,β-unsaturated/α-hetero) is 1. The van der Waals surface area contributed by atoms with Crippen molar-refractivity contribution in [3.8, 4) is 11.5 Å². The van der Waals surface area contributed by atoms with Gasteiger partial charge in [0, 0.05) is 29.3 Å². The number of ether oxygens (including phenoxy) is 2. The number of rotatable bonds is 5. The van der Waals surface area contributed by atoms with Gasteiger partial charge in [0.2, 0.25) is 0 Å². The maximum atomic E-state index is 13.2. The van der Waals surface area contributed by atoms with Crippen LogP contribution in [0.1, 0.15) is 58.4 Å². The molecule has 1 aromatic rings. The second-order valence-electron chi connectivity index (χ2n) is 8.62. The van der Waals surface area contributed by atoms with Crippen LogP contribution in [0.15, 0.2) is 34.7 Å². The van der Waals surface area contributed by atoms with Crippen molar-refractivity contribution in [3.05, 3.63) is 45.3 Å². The van der Waals surface area contributed by atoms with Crippen molar-refractivity contribution in [1.82, 2.24) is 5.32 Å². The van der Waals surface area contributed by atoms with Gasteiger partial charge in [-0.15, -0.1) is 0 Å². The second-order valence-corrected chi connectivity index (χ2v) is 9.03. The Balaban J connectivity index is 2.21. The molecule has 1 unspecified atom stereocenters. The summed E-state index contributed by atoms with van der Waals surface area (Å²) < 4.78 is 10.7. The van der Waals surface area contributed by atoms with E-state index in [4.69, 9.17) is 21.1 Å². The molecule has 2 aliphatic rings. The predicted octanol–water partition coefficient (Wildman–Crippen LogP) is 4.61. The molecular formula is C23H28ClNO5. The van der Waals surface area contributed by atoms with Gasteiger partial charge in [0.1, 0.15) is 0 Å². The van der Waals surface area contributed by atoms with Crippen molar-refractivity contribution < 1.29 is 24.2 Å². The molecule has 1 heterocycles. The lowest BCUT2D eigenvalue weighted by atomic mass is 9.68. The molecule has 0 aromatic heterocycles. The van der Waals surface area contributed by atoms with Crippen molar-refractivity contribution in [2.24, 2.45) is 5.41 Å². The van der Waals surface area contributed by atoms with Crippen molar-refractivity contribution >= 4 is 23.4 Å². The largest absolute Gasteiger partial charge is 0.503 e. The quantitative estimate of drug-likeness (QED) is 0.659. The number of benzene rings is 1. The minimum atomic E-state index is -0.652. The summed E-state index contributed by atoms with van der Waals surface area (Å²) in [5, 5.41) is 13.5. The number of hydrogen-bond acceptors (Lipinski definition) is 6. The SMILES string of the molecule is CCCOC(=O)C1=C(C)NC2=C(C(=O)CC(C)(C)C2)C1c1cc(Cl)c(O)c(OC)c1. The zero-order valence-corrected chi connectivity index (χ0v) is 18.8. The van der Waals surface area contributed by atoms with Crippen LogP contribution in [0.4, 0.5) is 0 Å².